The number of anilines is 2. The van der Waals surface area contributed by atoms with Crippen LogP contribution in [-0.4, -0.2) is 20.5 Å². The van der Waals surface area contributed by atoms with Crippen LogP contribution in [-0.2, 0) is 6.42 Å². The quantitative estimate of drug-likeness (QED) is 0.405. The van der Waals surface area contributed by atoms with Crippen molar-refractivity contribution in [3.63, 3.8) is 0 Å². The molecule has 2 aromatic heterocycles. The van der Waals surface area contributed by atoms with E-state index < -0.39 is 0 Å². The van der Waals surface area contributed by atoms with E-state index in [0.717, 1.165) is 51.7 Å². The Morgan fingerprint density at radius 2 is 1.69 bits per heavy atom. The van der Waals surface area contributed by atoms with Crippen LogP contribution in [0.1, 0.15) is 28.1 Å². The van der Waals surface area contributed by atoms with Crippen molar-refractivity contribution in [2.45, 2.75) is 34.1 Å². The van der Waals surface area contributed by atoms with E-state index in [4.69, 9.17) is 21.7 Å². The van der Waals surface area contributed by atoms with Crippen LogP contribution in [0.15, 0.2) is 48.5 Å². The molecule has 0 aliphatic carbocycles. The highest BCUT2D eigenvalue weighted by Gasteiger charge is 2.20. The van der Waals surface area contributed by atoms with Crippen LogP contribution in [0, 0.1) is 27.7 Å². The molecule has 4 nitrogen and oxygen atoms in total. The summed E-state index contributed by atoms with van der Waals surface area (Å²) in [6.07, 6.45) is 0.725. The summed E-state index contributed by atoms with van der Waals surface area (Å²) in [5.74, 6) is 1.46. The summed E-state index contributed by atoms with van der Waals surface area (Å²) >= 11 is 6.13. The highest BCUT2D eigenvalue weighted by Crippen LogP contribution is 2.32. The highest BCUT2D eigenvalue weighted by molar-refractivity contribution is 6.18. The lowest BCUT2D eigenvalue weighted by molar-refractivity contribution is 0.891. The zero-order valence-electron chi connectivity index (χ0n) is 17.3. The molecule has 0 fully saturated rings. The fourth-order valence-electron chi connectivity index (χ4n) is 3.72. The predicted octanol–water partition coefficient (Wildman–Crippen LogP) is 6.15. The maximum absolute atomic E-state index is 6.13. The summed E-state index contributed by atoms with van der Waals surface area (Å²) in [5, 5.41) is 8.46. The van der Waals surface area contributed by atoms with Crippen LogP contribution >= 0.6 is 11.6 Å². The van der Waals surface area contributed by atoms with E-state index in [1.165, 1.54) is 11.1 Å². The van der Waals surface area contributed by atoms with Gasteiger partial charge in [-0.15, -0.1) is 11.6 Å². The molecule has 0 aliphatic heterocycles. The summed E-state index contributed by atoms with van der Waals surface area (Å²) in [4.78, 5) is 4.93. The normalized spacial score (nSPS) is 11.2. The zero-order chi connectivity index (χ0) is 20.5. The number of hydrogen-bond acceptors (Lipinski definition) is 3. The minimum atomic E-state index is 0.529. The van der Waals surface area contributed by atoms with Crippen molar-refractivity contribution in [1.29, 1.82) is 0 Å². The molecule has 0 unspecified atom stereocenters. The van der Waals surface area contributed by atoms with Gasteiger partial charge in [0.05, 0.1) is 5.69 Å². The third kappa shape index (κ3) is 3.60. The largest absolute Gasteiger partial charge is 0.340 e. The Balaban J connectivity index is 1.95. The van der Waals surface area contributed by atoms with Crippen molar-refractivity contribution >= 4 is 28.8 Å². The predicted molar refractivity (Wildman–Crippen MR) is 122 cm³/mol. The lowest BCUT2D eigenvalue weighted by atomic mass is 10.1. The van der Waals surface area contributed by atoms with Crippen molar-refractivity contribution < 1.29 is 0 Å². The number of nitrogens with one attached hydrogen (secondary N) is 1. The van der Waals surface area contributed by atoms with Crippen LogP contribution in [0.5, 0.6) is 0 Å². The van der Waals surface area contributed by atoms with Crippen LogP contribution < -0.4 is 5.32 Å². The van der Waals surface area contributed by atoms with Gasteiger partial charge in [0.1, 0.15) is 5.82 Å². The minimum Gasteiger partial charge on any atom is -0.340 e. The number of rotatable bonds is 5. The summed E-state index contributed by atoms with van der Waals surface area (Å²) in [5.41, 5.74) is 9.61. The van der Waals surface area contributed by atoms with E-state index in [9.17, 15) is 0 Å². The standard InChI is InChI=1S/C24H25ClN4/c1-15-10-11-20(14-16(15)2)27-23-21(12-13-25)17(3)26-24-22(18(4)28-29(23)24)19-8-6-5-7-9-19/h5-11,14,27H,12-13H2,1-4H3. The average molecular weight is 405 g/mol. The molecule has 0 spiro atoms. The number of fused-ring (bicyclic) bond motifs is 1. The summed E-state index contributed by atoms with van der Waals surface area (Å²) in [7, 11) is 0. The van der Waals surface area contributed by atoms with Gasteiger partial charge < -0.3 is 5.32 Å². The van der Waals surface area contributed by atoms with E-state index in [1.807, 2.05) is 36.6 Å². The Bertz CT molecular complexity index is 1180. The SMILES string of the molecule is Cc1ccc(Nc2c(CCCl)c(C)nc3c(-c4ccccc4)c(C)nn23)cc1C. The molecule has 0 atom stereocenters. The van der Waals surface area contributed by atoms with Gasteiger partial charge >= 0.3 is 0 Å². The first-order valence-corrected chi connectivity index (χ1v) is 10.4. The van der Waals surface area contributed by atoms with E-state index in [1.54, 1.807) is 0 Å². The summed E-state index contributed by atoms with van der Waals surface area (Å²) in [6, 6.07) is 16.7. The van der Waals surface area contributed by atoms with E-state index in [-0.39, 0.29) is 0 Å². The van der Waals surface area contributed by atoms with Crippen LogP contribution in [0.2, 0.25) is 0 Å². The second kappa shape index (κ2) is 7.88. The number of nitrogens with zero attached hydrogens (tertiary/aromatic N) is 3. The third-order valence-electron chi connectivity index (χ3n) is 5.42. The van der Waals surface area contributed by atoms with E-state index in [2.05, 4.69) is 49.5 Å². The smallest absolute Gasteiger partial charge is 0.165 e. The van der Waals surface area contributed by atoms with E-state index in [0.29, 0.717) is 5.88 Å². The molecule has 5 heteroatoms. The number of benzene rings is 2. The molecule has 29 heavy (non-hydrogen) atoms. The third-order valence-corrected chi connectivity index (χ3v) is 5.61. The molecule has 1 N–H and O–H groups in total. The molecule has 0 amide bonds. The molecular formula is C24H25ClN4. The number of halogens is 1. The van der Waals surface area contributed by atoms with Crippen molar-refractivity contribution in [3.8, 4) is 11.1 Å². The Morgan fingerprint density at radius 1 is 0.931 bits per heavy atom. The summed E-state index contributed by atoms with van der Waals surface area (Å²) < 4.78 is 1.93. The molecule has 148 valence electrons. The molecule has 0 radical (unpaired) electrons. The minimum absolute atomic E-state index is 0.529. The highest BCUT2D eigenvalue weighted by atomic mass is 35.5. The molecule has 0 saturated carbocycles. The molecule has 4 aromatic rings. The topological polar surface area (TPSA) is 42.2 Å². The lowest BCUT2D eigenvalue weighted by Gasteiger charge is -2.16. The molecule has 2 heterocycles. The van der Waals surface area contributed by atoms with E-state index >= 15 is 0 Å². The number of alkyl halides is 1. The second-order valence-electron chi connectivity index (χ2n) is 7.45. The van der Waals surface area contributed by atoms with Gasteiger partial charge in [0, 0.05) is 28.4 Å². The van der Waals surface area contributed by atoms with Crippen LogP contribution in [0.3, 0.4) is 0 Å². The maximum atomic E-state index is 6.13. The van der Waals surface area contributed by atoms with Crippen molar-refractivity contribution in [2.24, 2.45) is 0 Å². The van der Waals surface area contributed by atoms with Gasteiger partial charge in [0.2, 0.25) is 0 Å². The molecule has 2 aromatic carbocycles. The molecule has 0 aliphatic rings. The molecule has 0 saturated heterocycles. The molecule has 4 rings (SSSR count). The first-order valence-electron chi connectivity index (χ1n) is 9.84. The Morgan fingerprint density at radius 3 is 2.38 bits per heavy atom. The number of aryl methyl sites for hydroxylation is 4. The van der Waals surface area contributed by atoms with Gasteiger partial charge in [0.25, 0.3) is 0 Å². The Hall–Kier alpha value is -2.85. The number of hydrogen-bond donors (Lipinski definition) is 1. The zero-order valence-corrected chi connectivity index (χ0v) is 18.0. The fourth-order valence-corrected chi connectivity index (χ4v) is 3.91. The fraction of sp³-hybridized carbons (Fsp3) is 0.250. The summed E-state index contributed by atoms with van der Waals surface area (Å²) in [6.45, 7) is 8.33. The first kappa shape index (κ1) is 19.5. The van der Waals surface area contributed by atoms with Gasteiger partial charge in [-0.1, -0.05) is 36.4 Å². The molecular weight excluding hydrogens is 380 g/mol. The van der Waals surface area contributed by atoms with Crippen molar-refractivity contribution in [2.75, 3.05) is 11.2 Å². The van der Waals surface area contributed by atoms with Gasteiger partial charge in [-0.25, -0.2) is 4.98 Å². The lowest BCUT2D eigenvalue weighted by Crippen LogP contribution is -2.09. The van der Waals surface area contributed by atoms with Gasteiger partial charge in [0.15, 0.2) is 5.65 Å². The van der Waals surface area contributed by atoms with Crippen LogP contribution in [0.25, 0.3) is 16.8 Å². The Labute approximate surface area is 176 Å². The van der Waals surface area contributed by atoms with Crippen molar-refractivity contribution in [3.05, 3.63) is 76.6 Å². The maximum Gasteiger partial charge on any atom is 0.165 e. The van der Waals surface area contributed by atoms with Gasteiger partial charge in [-0.3, -0.25) is 0 Å². The van der Waals surface area contributed by atoms with Crippen LogP contribution in [0.4, 0.5) is 11.5 Å². The van der Waals surface area contributed by atoms with Gasteiger partial charge in [-0.05, 0) is 62.9 Å². The van der Waals surface area contributed by atoms with Crippen molar-refractivity contribution in [1.82, 2.24) is 14.6 Å². The molecule has 0 bridgehead atoms. The second-order valence-corrected chi connectivity index (χ2v) is 7.83. The first-order chi connectivity index (χ1) is 14.0. The van der Waals surface area contributed by atoms with Gasteiger partial charge in [-0.2, -0.15) is 9.61 Å². The Kier molecular flexibility index (Phi) is 5.29. The average Bonchev–Trinajstić information content (AvgIpc) is 3.03. The monoisotopic (exact) mass is 404 g/mol. The number of aromatic nitrogens is 3.